The van der Waals surface area contributed by atoms with Gasteiger partial charge in [-0.2, -0.15) is 0 Å². The van der Waals surface area contributed by atoms with Crippen molar-refractivity contribution < 1.29 is 4.79 Å². The number of imidazole rings is 1. The van der Waals surface area contributed by atoms with Crippen LogP contribution in [0.4, 0.5) is 0 Å². The number of nitrogens with zero attached hydrogens (tertiary/aromatic N) is 2. The van der Waals surface area contributed by atoms with Crippen LogP contribution in [0.25, 0.3) is 11.0 Å². The van der Waals surface area contributed by atoms with Gasteiger partial charge in [0, 0.05) is 23.4 Å². The van der Waals surface area contributed by atoms with Gasteiger partial charge in [-0.1, -0.05) is 54.9 Å². The van der Waals surface area contributed by atoms with Gasteiger partial charge < -0.3 is 9.88 Å². The summed E-state index contributed by atoms with van der Waals surface area (Å²) in [6.45, 7) is 9.62. The summed E-state index contributed by atoms with van der Waals surface area (Å²) < 4.78 is 3.19. The molecule has 1 aromatic heterocycles. The Morgan fingerprint density at radius 1 is 1.23 bits per heavy atom. The Hall–Kier alpha value is -1.62. The molecule has 1 amide bonds. The molecule has 0 saturated heterocycles. The second-order valence-electron chi connectivity index (χ2n) is 6.74. The van der Waals surface area contributed by atoms with Crippen molar-refractivity contribution in [1.82, 2.24) is 14.9 Å². The van der Waals surface area contributed by atoms with E-state index in [0.717, 1.165) is 73.0 Å². The number of aromatic nitrogens is 2. The highest BCUT2D eigenvalue weighted by atomic mass is 79.9. The number of nitrogens with one attached hydrogen (secondary N) is 1. The van der Waals surface area contributed by atoms with Crippen LogP contribution in [0, 0.1) is 5.92 Å². The average Bonchev–Trinajstić information content (AvgIpc) is 2.96. The van der Waals surface area contributed by atoms with Crippen molar-refractivity contribution in [3.8, 4) is 0 Å². The van der Waals surface area contributed by atoms with E-state index in [2.05, 4.69) is 58.4 Å². The van der Waals surface area contributed by atoms with Crippen LogP contribution < -0.4 is 5.32 Å². The number of rotatable bonds is 11. The molecule has 26 heavy (non-hydrogen) atoms. The number of amides is 1. The van der Waals surface area contributed by atoms with E-state index in [0.29, 0.717) is 0 Å². The molecule has 0 aliphatic rings. The van der Waals surface area contributed by atoms with Crippen LogP contribution in [0.5, 0.6) is 0 Å². The number of benzene rings is 1. The molecule has 0 atom stereocenters. The van der Waals surface area contributed by atoms with Gasteiger partial charge in [-0.25, -0.2) is 4.98 Å². The predicted molar refractivity (Wildman–Crippen MR) is 112 cm³/mol. The van der Waals surface area contributed by atoms with E-state index in [1.54, 1.807) is 0 Å². The van der Waals surface area contributed by atoms with Crippen LogP contribution in [0.2, 0.25) is 0 Å². The Labute approximate surface area is 165 Å². The number of carbonyl (C=O) groups is 1. The number of fused-ring (bicyclic) bond motifs is 1. The maximum Gasteiger partial charge on any atom is 0.223 e. The molecule has 4 nitrogen and oxygen atoms in total. The second kappa shape index (κ2) is 10.5. The standard InChI is InChI=1S/C21H30BrN3O/c1-4-17(5-2)21(26)23-14-10-6-7-13-20-24-18-11-8-9-12-19(18)25(20)15-16(3)22/h8-9,11-12,17H,3-7,10,13-15H2,1-2H3,(H,23,26). The van der Waals surface area contributed by atoms with Gasteiger partial charge in [0.1, 0.15) is 5.82 Å². The zero-order chi connectivity index (χ0) is 18.9. The molecule has 0 saturated carbocycles. The smallest absolute Gasteiger partial charge is 0.223 e. The van der Waals surface area contributed by atoms with Gasteiger partial charge in [-0.05, 0) is 37.8 Å². The Kier molecular flexibility index (Phi) is 8.36. The quantitative estimate of drug-likeness (QED) is 0.508. The van der Waals surface area contributed by atoms with Crippen molar-refractivity contribution in [3.63, 3.8) is 0 Å². The summed E-state index contributed by atoms with van der Waals surface area (Å²) in [4.78, 5) is 16.8. The Balaban J connectivity index is 1.82. The van der Waals surface area contributed by atoms with Crippen molar-refractivity contribution in [2.75, 3.05) is 6.54 Å². The molecule has 0 aliphatic carbocycles. The molecule has 1 N–H and O–H groups in total. The average molecular weight is 420 g/mol. The first-order valence-electron chi connectivity index (χ1n) is 9.61. The lowest BCUT2D eigenvalue weighted by Crippen LogP contribution is -2.30. The fraction of sp³-hybridized carbons (Fsp3) is 0.524. The van der Waals surface area contributed by atoms with E-state index >= 15 is 0 Å². The fourth-order valence-corrected chi connectivity index (χ4v) is 3.52. The number of carbonyl (C=O) groups excluding carboxylic acids is 1. The van der Waals surface area contributed by atoms with Crippen LogP contribution >= 0.6 is 15.9 Å². The molecule has 2 rings (SSSR count). The Morgan fingerprint density at radius 3 is 2.65 bits per heavy atom. The van der Waals surface area contributed by atoms with E-state index < -0.39 is 0 Å². The SMILES string of the molecule is C=C(Br)Cn1c(CCCCCNC(=O)C(CC)CC)nc2ccccc21. The molecular formula is C21H30BrN3O. The third kappa shape index (κ3) is 5.70. The first-order chi connectivity index (χ1) is 12.6. The molecule has 142 valence electrons. The molecule has 1 heterocycles. The highest BCUT2D eigenvalue weighted by Gasteiger charge is 2.13. The van der Waals surface area contributed by atoms with Gasteiger partial charge in [0.2, 0.25) is 5.91 Å². The van der Waals surface area contributed by atoms with Crippen LogP contribution in [0.15, 0.2) is 35.3 Å². The number of para-hydroxylation sites is 2. The molecular weight excluding hydrogens is 390 g/mol. The number of allylic oxidation sites excluding steroid dienone is 1. The summed E-state index contributed by atoms with van der Waals surface area (Å²) in [5.74, 6) is 1.47. The molecule has 0 fully saturated rings. The lowest BCUT2D eigenvalue weighted by Gasteiger charge is -2.12. The fourth-order valence-electron chi connectivity index (χ4n) is 3.26. The molecule has 1 aromatic carbocycles. The van der Waals surface area contributed by atoms with Crippen molar-refractivity contribution in [2.45, 2.75) is 58.9 Å². The van der Waals surface area contributed by atoms with Gasteiger partial charge in [0.05, 0.1) is 17.6 Å². The van der Waals surface area contributed by atoms with E-state index in [4.69, 9.17) is 4.98 Å². The Morgan fingerprint density at radius 2 is 1.96 bits per heavy atom. The summed E-state index contributed by atoms with van der Waals surface area (Å²) in [7, 11) is 0. The number of hydrogen-bond donors (Lipinski definition) is 1. The van der Waals surface area contributed by atoms with Crippen molar-refractivity contribution in [2.24, 2.45) is 5.92 Å². The Bertz CT molecular complexity index is 734. The maximum absolute atomic E-state index is 12.0. The lowest BCUT2D eigenvalue weighted by atomic mass is 10.0. The number of hydrogen-bond acceptors (Lipinski definition) is 2. The highest BCUT2D eigenvalue weighted by molar-refractivity contribution is 9.11. The van der Waals surface area contributed by atoms with E-state index in [1.165, 1.54) is 0 Å². The topological polar surface area (TPSA) is 46.9 Å². The van der Waals surface area contributed by atoms with Crippen molar-refractivity contribution >= 4 is 32.9 Å². The third-order valence-corrected chi connectivity index (χ3v) is 5.05. The molecule has 0 unspecified atom stereocenters. The second-order valence-corrected chi connectivity index (χ2v) is 7.86. The molecule has 0 bridgehead atoms. The lowest BCUT2D eigenvalue weighted by molar-refractivity contribution is -0.125. The van der Waals surface area contributed by atoms with Crippen molar-refractivity contribution in [3.05, 3.63) is 41.2 Å². The molecule has 0 aliphatic heterocycles. The minimum absolute atomic E-state index is 0.159. The van der Waals surface area contributed by atoms with Gasteiger partial charge >= 0.3 is 0 Å². The van der Waals surface area contributed by atoms with Gasteiger partial charge in [0.15, 0.2) is 0 Å². The van der Waals surface area contributed by atoms with E-state index in [9.17, 15) is 4.79 Å². The van der Waals surface area contributed by atoms with E-state index in [1.807, 2.05) is 12.1 Å². The summed E-state index contributed by atoms with van der Waals surface area (Å²) in [5.41, 5.74) is 2.19. The summed E-state index contributed by atoms with van der Waals surface area (Å²) in [6, 6.07) is 8.23. The van der Waals surface area contributed by atoms with Crippen molar-refractivity contribution in [1.29, 1.82) is 0 Å². The first kappa shape index (κ1) is 20.7. The normalized spacial score (nSPS) is 11.2. The van der Waals surface area contributed by atoms with Crippen LogP contribution in [-0.4, -0.2) is 22.0 Å². The predicted octanol–water partition coefficient (Wildman–Crippen LogP) is 5.21. The third-order valence-electron chi connectivity index (χ3n) is 4.80. The molecule has 5 heteroatoms. The largest absolute Gasteiger partial charge is 0.356 e. The van der Waals surface area contributed by atoms with Gasteiger partial charge in [0.25, 0.3) is 0 Å². The monoisotopic (exact) mass is 419 g/mol. The van der Waals surface area contributed by atoms with Gasteiger partial charge in [-0.15, -0.1) is 0 Å². The molecule has 0 spiro atoms. The van der Waals surface area contributed by atoms with Crippen LogP contribution in [0.3, 0.4) is 0 Å². The minimum atomic E-state index is 0.159. The first-order valence-corrected chi connectivity index (χ1v) is 10.4. The number of halogens is 1. The summed E-state index contributed by atoms with van der Waals surface area (Å²) in [6.07, 6.45) is 5.93. The van der Waals surface area contributed by atoms with Crippen LogP contribution in [0.1, 0.15) is 51.8 Å². The number of unbranched alkanes of at least 4 members (excludes halogenated alkanes) is 2. The zero-order valence-electron chi connectivity index (χ0n) is 15.9. The molecule has 2 aromatic rings. The van der Waals surface area contributed by atoms with E-state index in [-0.39, 0.29) is 11.8 Å². The maximum atomic E-state index is 12.0. The zero-order valence-corrected chi connectivity index (χ0v) is 17.5. The van der Waals surface area contributed by atoms with Gasteiger partial charge in [-0.3, -0.25) is 4.79 Å². The number of aryl methyl sites for hydroxylation is 1. The minimum Gasteiger partial charge on any atom is -0.356 e. The molecule has 0 radical (unpaired) electrons. The summed E-state index contributed by atoms with van der Waals surface area (Å²) >= 11 is 3.47. The summed E-state index contributed by atoms with van der Waals surface area (Å²) in [5, 5.41) is 3.06. The highest BCUT2D eigenvalue weighted by Crippen LogP contribution is 2.20. The van der Waals surface area contributed by atoms with Crippen LogP contribution in [-0.2, 0) is 17.8 Å².